The molecule has 8 nitrogen and oxygen atoms in total. The van der Waals surface area contributed by atoms with Crippen LogP contribution in [0.2, 0.25) is 0 Å². The maximum Gasteiger partial charge on any atom is 0.328 e. The van der Waals surface area contributed by atoms with Gasteiger partial charge in [-0.3, -0.25) is 4.79 Å². The lowest BCUT2D eigenvalue weighted by Gasteiger charge is -2.57. The van der Waals surface area contributed by atoms with Crippen LogP contribution in [0.5, 0.6) is 0 Å². The van der Waals surface area contributed by atoms with E-state index in [1.807, 2.05) is 0 Å². The molecular weight excluding hydrogens is 448 g/mol. The Kier molecular flexibility index (Phi) is 6.49. The SMILES string of the molecule is COC(=O)C1CC(O)CN1C(=O)CON=C1C=C2CCC3C4CCC(O)[C@@]4(C)CCC3[C@@]2(C)CC1. The molecule has 5 aliphatic rings. The molecule has 35 heavy (non-hydrogen) atoms. The number of nitrogens with zero attached hydrogens (tertiary/aromatic N) is 2. The molecule has 1 heterocycles. The van der Waals surface area contributed by atoms with Gasteiger partial charge in [0.15, 0.2) is 6.61 Å². The van der Waals surface area contributed by atoms with Gasteiger partial charge in [-0.25, -0.2) is 4.79 Å². The number of ether oxygens (including phenoxy) is 1. The van der Waals surface area contributed by atoms with Gasteiger partial charge < -0.3 is 24.7 Å². The van der Waals surface area contributed by atoms with Crippen LogP contribution < -0.4 is 0 Å². The van der Waals surface area contributed by atoms with E-state index >= 15 is 0 Å². The lowest BCUT2D eigenvalue weighted by Crippen LogP contribution is -2.51. The summed E-state index contributed by atoms with van der Waals surface area (Å²) in [6.07, 6.45) is 9.99. The quantitative estimate of drug-likeness (QED) is 0.465. The molecule has 8 heteroatoms. The average Bonchev–Trinajstić information content (AvgIpc) is 3.38. The van der Waals surface area contributed by atoms with E-state index in [1.165, 1.54) is 30.4 Å². The number of carbonyl (C=O) groups is 2. The van der Waals surface area contributed by atoms with E-state index in [2.05, 4.69) is 25.1 Å². The highest BCUT2D eigenvalue weighted by atomic mass is 16.6. The van der Waals surface area contributed by atoms with Crippen LogP contribution in [-0.4, -0.2) is 71.2 Å². The van der Waals surface area contributed by atoms with Gasteiger partial charge in [0.1, 0.15) is 6.04 Å². The summed E-state index contributed by atoms with van der Waals surface area (Å²) in [5.41, 5.74) is 2.59. The molecule has 1 amide bonds. The first-order valence-corrected chi connectivity index (χ1v) is 13.3. The van der Waals surface area contributed by atoms with E-state index < -0.39 is 18.1 Å². The number of methoxy groups -OCH3 is 1. The van der Waals surface area contributed by atoms with Gasteiger partial charge in [0.25, 0.3) is 5.91 Å². The standard InChI is InChI=1S/C27H40N2O6/c1-26-10-8-17(28-35-15-24(32)29-14-18(30)13-22(29)25(33)34-3)12-16(26)4-5-19-20-6-7-23(31)27(20,2)11-9-21(19)26/h12,18-23,30-31H,4-11,13-15H2,1-3H3/t18?,19?,20?,21?,22?,23?,26-,27-/m0/s1. The third-order valence-corrected chi connectivity index (χ3v) is 10.4. The van der Waals surface area contributed by atoms with Crippen LogP contribution in [0, 0.1) is 28.6 Å². The highest BCUT2D eigenvalue weighted by Crippen LogP contribution is 2.65. The number of oxime groups is 1. The summed E-state index contributed by atoms with van der Waals surface area (Å²) < 4.78 is 4.76. The topological polar surface area (TPSA) is 109 Å². The summed E-state index contributed by atoms with van der Waals surface area (Å²) in [5, 5.41) is 24.8. The molecule has 194 valence electrons. The first-order chi connectivity index (χ1) is 16.7. The number of esters is 1. The fraction of sp³-hybridized carbons (Fsp3) is 0.815. The molecule has 0 aromatic heterocycles. The minimum Gasteiger partial charge on any atom is -0.467 e. The van der Waals surface area contributed by atoms with Gasteiger partial charge in [-0.15, -0.1) is 0 Å². The van der Waals surface area contributed by atoms with E-state index in [9.17, 15) is 19.8 Å². The summed E-state index contributed by atoms with van der Waals surface area (Å²) in [5.74, 6) is 1.09. The van der Waals surface area contributed by atoms with Crippen molar-refractivity contribution in [3.05, 3.63) is 11.6 Å². The molecule has 1 aliphatic heterocycles. The van der Waals surface area contributed by atoms with E-state index in [4.69, 9.17) is 9.57 Å². The number of β-amino-alcohol motifs (C(OH)–C–C–N with tert-alkyl or cyclic N) is 1. The Labute approximate surface area is 207 Å². The van der Waals surface area contributed by atoms with Crippen molar-refractivity contribution in [2.24, 2.45) is 33.7 Å². The Bertz CT molecular complexity index is 933. The van der Waals surface area contributed by atoms with Gasteiger partial charge in [0.05, 0.1) is 25.0 Å². The van der Waals surface area contributed by atoms with Gasteiger partial charge in [0, 0.05) is 13.0 Å². The number of allylic oxidation sites excluding steroid dienone is 2. The number of amides is 1. The Morgan fingerprint density at radius 3 is 2.69 bits per heavy atom. The maximum atomic E-state index is 12.6. The summed E-state index contributed by atoms with van der Waals surface area (Å²) in [6, 6.07) is -0.773. The summed E-state index contributed by atoms with van der Waals surface area (Å²) in [7, 11) is 1.28. The Morgan fingerprint density at radius 1 is 1.11 bits per heavy atom. The zero-order chi connectivity index (χ0) is 25.0. The van der Waals surface area contributed by atoms with E-state index in [-0.39, 0.29) is 42.4 Å². The predicted octanol–water partition coefficient (Wildman–Crippen LogP) is 2.82. The molecule has 6 unspecified atom stereocenters. The van der Waals surface area contributed by atoms with Crippen molar-refractivity contribution >= 4 is 17.6 Å². The first-order valence-electron chi connectivity index (χ1n) is 13.3. The largest absolute Gasteiger partial charge is 0.467 e. The first kappa shape index (κ1) is 24.8. The number of rotatable bonds is 4. The van der Waals surface area contributed by atoms with Gasteiger partial charge in [-0.05, 0) is 86.0 Å². The van der Waals surface area contributed by atoms with Gasteiger partial charge in [-0.2, -0.15) is 0 Å². The Balaban J connectivity index is 1.23. The second kappa shape index (κ2) is 9.18. The van der Waals surface area contributed by atoms with Crippen LogP contribution >= 0.6 is 0 Å². The number of hydrogen-bond acceptors (Lipinski definition) is 7. The predicted molar refractivity (Wildman–Crippen MR) is 129 cm³/mol. The van der Waals surface area contributed by atoms with E-state index in [0.717, 1.165) is 44.2 Å². The minimum absolute atomic E-state index is 0.0959. The normalized spacial score (nSPS) is 43.7. The fourth-order valence-corrected chi connectivity index (χ4v) is 8.32. The Hall–Kier alpha value is -1.93. The zero-order valence-corrected chi connectivity index (χ0v) is 21.2. The molecule has 3 saturated carbocycles. The number of fused-ring (bicyclic) bond motifs is 5. The molecule has 0 bridgehead atoms. The molecule has 1 saturated heterocycles. The van der Waals surface area contributed by atoms with Crippen molar-refractivity contribution in [3.8, 4) is 0 Å². The molecule has 0 radical (unpaired) electrons. The fourth-order valence-electron chi connectivity index (χ4n) is 8.32. The third kappa shape index (κ3) is 4.10. The van der Waals surface area contributed by atoms with Crippen LogP contribution in [0.4, 0.5) is 0 Å². The van der Waals surface area contributed by atoms with E-state index in [0.29, 0.717) is 17.8 Å². The number of carbonyl (C=O) groups excluding carboxylic acids is 2. The van der Waals surface area contributed by atoms with Gasteiger partial charge in [0.2, 0.25) is 0 Å². The molecule has 0 aromatic carbocycles. The van der Waals surface area contributed by atoms with Crippen molar-refractivity contribution in [2.75, 3.05) is 20.3 Å². The summed E-state index contributed by atoms with van der Waals surface area (Å²) >= 11 is 0. The van der Waals surface area contributed by atoms with Crippen molar-refractivity contribution in [1.29, 1.82) is 0 Å². The second-order valence-electron chi connectivity index (χ2n) is 12.0. The van der Waals surface area contributed by atoms with E-state index in [1.54, 1.807) is 0 Å². The highest BCUT2D eigenvalue weighted by molar-refractivity contribution is 5.96. The molecular formula is C27H40N2O6. The Morgan fingerprint density at radius 2 is 1.91 bits per heavy atom. The van der Waals surface area contributed by atoms with Crippen LogP contribution in [-0.2, 0) is 19.2 Å². The van der Waals surface area contributed by atoms with Crippen molar-refractivity contribution < 1.29 is 29.4 Å². The second-order valence-corrected chi connectivity index (χ2v) is 12.0. The van der Waals surface area contributed by atoms with Crippen LogP contribution in [0.1, 0.15) is 71.6 Å². The number of likely N-dealkylation sites (tertiary alicyclic amines) is 1. The third-order valence-electron chi connectivity index (χ3n) is 10.4. The van der Waals surface area contributed by atoms with Crippen LogP contribution in [0.15, 0.2) is 16.8 Å². The average molecular weight is 489 g/mol. The van der Waals surface area contributed by atoms with Gasteiger partial charge >= 0.3 is 5.97 Å². The molecule has 2 N–H and O–H groups in total. The lowest BCUT2D eigenvalue weighted by atomic mass is 9.47. The minimum atomic E-state index is -0.773. The molecule has 5 rings (SSSR count). The highest BCUT2D eigenvalue weighted by Gasteiger charge is 2.58. The van der Waals surface area contributed by atoms with Crippen molar-refractivity contribution in [1.82, 2.24) is 4.90 Å². The van der Waals surface area contributed by atoms with Crippen LogP contribution in [0.3, 0.4) is 0 Å². The molecule has 0 aromatic rings. The lowest BCUT2D eigenvalue weighted by molar-refractivity contribution is -0.152. The summed E-state index contributed by atoms with van der Waals surface area (Å²) in [6.45, 7) is 4.58. The molecule has 4 fully saturated rings. The number of hydrogen-bond donors (Lipinski definition) is 2. The number of aliphatic hydroxyl groups is 2. The smallest absolute Gasteiger partial charge is 0.328 e. The monoisotopic (exact) mass is 488 g/mol. The number of aliphatic hydroxyl groups excluding tert-OH is 2. The maximum absolute atomic E-state index is 12.6. The van der Waals surface area contributed by atoms with Crippen molar-refractivity contribution in [3.63, 3.8) is 0 Å². The van der Waals surface area contributed by atoms with Crippen molar-refractivity contribution in [2.45, 2.75) is 89.9 Å². The zero-order valence-electron chi connectivity index (χ0n) is 21.2. The molecule has 4 aliphatic carbocycles. The van der Waals surface area contributed by atoms with Crippen LogP contribution in [0.25, 0.3) is 0 Å². The van der Waals surface area contributed by atoms with Gasteiger partial charge in [-0.1, -0.05) is 24.6 Å². The molecule has 8 atom stereocenters. The summed E-state index contributed by atoms with van der Waals surface area (Å²) in [4.78, 5) is 31.3. The molecule has 0 spiro atoms.